The van der Waals surface area contributed by atoms with Gasteiger partial charge in [0.25, 0.3) is 0 Å². The van der Waals surface area contributed by atoms with E-state index in [4.69, 9.17) is 0 Å². The number of benzene rings is 1. The van der Waals surface area contributed by atoms with Crippen molar-refractivity contribution in [2.45, 2.75) is 70.9 Å². The molecule has 2 heteroatoms. The van der Waals surface area contributed by atoms with Crippen molar-refractivity contribution in [2.75, 3.05) is 0 Å². The monoisotopic (exact) mass is 278 g/mol. The average Bonchev–Trinajstić information content (AvgIpc) is 2.47. The van der Waals surface area contributed by atoms with Gasteiger partial charge in [0, 0.05) is 12.0 Å². The van der Waals surface area contributed by atoms with Crippen LogP contribution in [0.4, 0.5) is 4.39 Å². The zero-order valence-corrected chi connectivity index (χ0v) is 12.6. The molecule has 0 aliphatic rings. The van der Waals surface area contributed by atoms with E-state index in [9.17, 15) is 9.18 Å². The molecule has 0 aromatic heterocycles. The van der Waals surface area contributed by atoms with Crippen molar-refractivity contribution in [1.29, 1.82) is 0 Å². The van der Waals surface area contributed by atoms with Gasteiger partial charge in [-0.1, -0.05) is 82.2 Å². The maximum atomic E-state index is 13.7. The Morgan fingerprint density at radius 2 is 1.60 bits per heavy atom. The number of alkyl halides is 1. The molecule has 0 radical (unpaired) electrons. The maximum Gasteiger partial charge on any atom is 0.165 e. The van der Waals surface area contributed by atoms with Gasteiger partial charge in [0.05, 0.1) is 0 Å². The number of ketones is 1. The number of rotatable bonds is 11. The molecule has 0 saturated heterocycles. The molecule has 1 unspecified atom stereocenters. The van der Waals surface area contributed by atoms with E-state index in [0.717, 1.165) is 12.8 Å². The minimum absolute atomic E-state index is 0.0276. The lowest BCUT2D eigenvalue weighted by Gasteiger charge is -2.07. The summed E-state index contributed by atoms with van der Waals surface area (Å²) in [6.07, 6.45) is 7.85. The molecule has 1 rings (SSSR count). The predicted molar refractivity (Wildman–Crippen MR) is 82.9 cm³/mol. The van der Waals surface area contributed by atoms with Crippen molar-refractivity contribution in [3.05, 3.63) is 35.9 Å². The van der Waals surface area contributed by atoms with Crippen LogP contribution in [0.5, 0.6) is 0 Å². The van der Waals surface area contributed by atoms with E-state index in [2.05, 4.69) is 6.92 Å². The molecule has 1 aromatic carbocycles. The van der Waals surface area contributed by atoms with Gasteiger partial charge in [0.2, 0.25) is 0 Å². The molecular weight excluding hydrogens is 251 g/mol. The topological polar surface area (TPSA) is 17.1 Å². The second-order valence-electron chi connectivity index (χ2n) is 5.50. The molecule has 0 fully saturated rings. The number of unbranched alkanes of at least 4 members (excludes halogenated alkanes) is 6. The Labute approximate surface area is 122 Å². The van der Waals surface area contributed by atoms with Crippen LogP contribution in [0.1, 0.15) is 75.1 Å². The Morgan fingerprint density at radius 1 is 1.00 bits per heavy atom. The SMILES string of the molecule is CCCCCCCCCC(F)CC(=O)c1ccccc1. The summed E-state index contributed by atoms with van der Waals surface area (Å²) in [6, 6.07) is 9.00. The Kier molecular flexibility index (Phi) is 8.93. The molecule has 112 valence electrons. The highest BCUT2D eigenvalue weighted by atomic mass is 19.1. The van der Waals surface area contributed by atoms with E-state index < -0.39 is 6.17 Å². The molecule has 1 aromatic rings. The Morgan fingerprint density at radius 3 is 2.25 bits per heavy atom. The standard InChI is InChI=1S/C18H27FO/c1-2-3-4-5-6-7-11-14-17(19)15-18(20)16-12-9-8-10-13-16/h8-10,12-13,17H,2-7,11,14-15H2,1H3. The summed E-state index contributed by atoms with van der Waals surface area (Å²) in [6.45, 7) is 2.21. The summed E-state index contributed by atoms with van der Waals surface area (Å²) < 4.78 is 13.7. The minimum Gasteiger partial charge on any atom is -0.294 e. The molecule has 0 aliphatic heterocycles. The van der Waals surface area contributed by atoms with Crippen molar-refractivity contribution in [2.24, 2.45) is 0 Å². The largest absolute Gasteiger partial charge is 0.294 e. The fourth-order valence-electron chi connectivity index (χ4n) is 2.37. The van der Waals surface area contributed by atoms with Gasteiger partial charge in [-0.3, -0.25) is 4.79 Å². The van der Waals surface area contributed by atoms with Gasteiger partial charge in [-0.15, -0.1) is 0 Å². The molecule has 0 heterocycles. The Hall–Kier alpha value is -1.18. The Balaban J connectivity index is 2.08. The first-order chi connectivity index (χ1) is 9.74. The van der Waals surface area contributed by atoms with Gasteiger partial charge >= 0.3 is 0 Å². The van der Waals surface area contributed by atoms with Crippen molar-refractivity contribution in [1.82, 2.24) is 0 Å². The number of halogens is 1. The lowest BCUT2D eigenvalue weighted by Crippen LogP contribution is -2.09. The van der Waals surface area contributed by atoms with Crippen LogP contribution in [-0.4, -0.2) is 12.0 Å². The van der Waals surface area contributed by atoms with Crippen LogP contribution in [-0.2, 0) is 0 Å². The molecule has 0 aliphatic carbocycles. The Bertz CT molecular complexity index is 361. The second-order valence-corrected chi connectivity index (χ2v) is 5.50. The average molecular weight is 278 g/mol. The van der Waals surface area contributed by atoms with E-state index in [1.165, 1.54) is 32.1 Å². The van der Waals surface area contributed by atoms with Crippen LogP contribution in [0, 0.1) is 0 Å². The molecular formula is C18H27FO. The minimum atomic E-state index is -0.988. The van der Waals surface area contributed by atoms with Crippen LogP contribution in [0.25, 0.3) is 0 Å². The van der Waals surface area contributed by atoms with Crippen molar-refractivity contribution in [3.63, 3.8) is 0 Å². The van der Waals surface area contributed by atoms with Crippen LogP contribution >= 0.6 is 0 Å². The molecule has 0 amide bonds. The van der Waals surface area contributed by atoms with Gasteiger partial charge in [0.15, 0.2) is 5.78 Å². The van der Waals surface area contributed by atoms with Crippen molar-refractivity contribution in [3.8, 4) is 0 Å². The fourth-order valence-corrected chi connectivity index (χ4v) is 2.37. The highest BCUT2D eigenvalue weighted by molar-refractivity contribution is 5.96. The summed E-state index contributed by atoms with van der Waals surface area (Å²) in [5.74, 6) is -0.0824. The van der Waals surface area contributed by atoms with Crippen LogP contribution in [0.3, 0.4) is 0 Å². The lowest BCUT2D eigenvalue weighted by atomic mass is 10.0. The number of carbonyl (C=O) groups is 1. The second kappa shape index (κ2) is 10.6. The molecule has 1 nitrogen and oxygen atoms in total. The smallest absolute Gasteiger partial charge is 0.165 e. The van der Waals surface area contributed by atoms with E-state index in [1.807, 2.05) is 18.2 Å². The molecule has 0 spiro atoms. The highest BCUT2D eigenvalue weighted by Gasteiger charge is 2.13. The summed E-state index contributed by atoms with van der Waals surface area (Å²) in [5.41, 5.74) is 0.620. The summed E-state index contributed by atoms with van der Waals surface area (Å²) in [7, 11) is 0. The van der Waals surface area contributed by atoms with Crippen molar-refractivity contribution < 1.29 is 9.18 Å². The number of hydrogen-bond acceptors (Lipinski definition) is 1. The zero-order chi connectivity index (χ0) is 14.6. The first-order valence-electron chi connectivity index (χ1n) is 7.96. The normalized spacial score (nSPS) is 12.3. The van der Waals surface area contributed by atoms with Crippen LogP contribution in [0.15, 0.2) is 30.3 Å². The van der Waals surface area contributed by atoms with Crippen LogP contribution < -0.4 is 0 Å². The molecule has 0 N–H and O–H groups in total. The molecule has 0 saturated carbocycles. The van der Waals surface area contributed by atoms with Gasteiger partial charge < -0.3 is 0 Å². The van der Waals surface area contributed by atoms with Gasteiger partial charge in [-0.05, 0) is 6.42 Å². The first kappa shape index (κ1) is 16.9. The van der Waals surface area contributed by atoms with Gasteiger partial charge in [0.1, 0.15) is 6.17 Å². The van der Waals surface area contributed by atoms with E-state index in [1.54, 1.807) is 12.1 Å². The third kappa shape index (κ3) is 7.42. The molecule has 0 bridgehead atoms. The number of Topliss-reactive ketones (excluding diaryl/α,β-unsaturated/α-hetero) is 1. The molecule has 20 heavy (non-hydrogen) atoms. The third-order valence-electron chi connectivity index (χ3n) is 3.62. The van der Waals surface area contributed by atoms with Crippen LogP contribution in [0.2, 0.25) is 0 Å². The third-order valence-corrected chi connectivity index (χ3v) is 3.62. The fraction of sp³-hybridized carbons (Fsp3) is 0.611. The molecule has 1 atom stereocenters. The zero-order valence-electron chi connectivity index (χ0n) is 12.6. The van der Waals surface area contributed by atoms with Gasteiger partial charge in [-0.2, -0.15) is 0 Å². The first-order valence-corrected chi connectivity index (χ1v) is 7.96. The van der Waals surface area contributed by atoms with Crippen molar-refractivity contribution >= 4 is 5.78 Å². The summed E-state index contributed by atoms with van der Waals surface area (Å²) >= 11 is 0. The maximum absolute atomic E-state index is 13.7. The van der Waals surface area contributed by atoms with Gasteiger partial charge in [-0.25, -0.2) is 4.39 Å². The number of carbonyl (C=O) groups excluding carboxylic acids is 1. The highest BCUT2D eigenvalue weighted by Crippen LogP contribution is 2.15. The van der Waals surface area contributed by atoms with E-state index in [-0.39, 0.29) is 12.2 Å². The summed E-state index contributed by atoms with van der Waals surface area (Å²) in [4.78, 5) is 11.8. The van der Waals surface area contributed by atoms with E-state index >= 15 is 0 Å². The van der Waals surface area contributed by atoms with E-state index in [0.29, 0.717) is 12.0 Å². The lowest BCUT2D eigenvalue weighted by molar-refractivity contribution is 0.0942. The summed E-state index contributed by atoms with van der Waals surface area (Å²) in [5, 5.41) is 0. The number of hydrogen-bond donors (Lipinski definition) is 0. The quantitative estimate of drug-likeness (QED) is 0.373. The predicted octanol–water partition coefficient (Wildman–Crippen LogP) is 5.74.